The van der Waals surface area contributed by atoms with Crippen LogP contribution in [0.5, 0.6) is 0 Å². The molecule has 0 unspecified atom stereocenters. The molecule has 22 heavy (non-hydrogen) atoms. The summed E-state index contributed by atoms with van der Waals surface area (Å²) in [6.45, 7) is 0.942. The molecular weight excluding hydrogens is 309 g/mol. The van der Waals surface area contributed by atoms with Gasteiger partial charge in [-0.15, -0.1) is 0 Å². The molecular formula is C14H20FN3O3S. The van der Waals surface area contributed by atoms with E-state index in [9.17, 15) is 17.6 Å². The maximum absolute atomic E-state index is 13.6. The van der Waals surface area contributed by atoms with E-state index in [4.69, 9.17) is 0 Å². The van der Waals surface area contributed by atoms with Crippen molar-refractivity contribution in [3.63, 3.8) is 0 Å². The molecule has 1 amide bonds. The molecule has 0 saturated carbocycles. The van der Waals surface area contributed by atoms with Gasteiger partial charge in [0.05, 0.1) is 11.3 Å². The van der Waals surface area contributed by atoms with Gasteiger partial charge in [0, 0.05) is 20.1 Å². The largest absolute Gasteiger partial charge is 0.355 e. The highest BCUT2D eigenvalue weighted by Crippen LogP contribution is 2.19. The van der Waals surface area contributed by atoms with Gasteiger partial charge in [-0.25, -0.2) is 4.39 Å². The molecule has 122 valence electrons. The van der Waals surface area contributed by atoms with Crippen LogP contribution in [0.2, 0.25) is 0 Å². The minimum Gasteiger partial charge on any atom is -0.355 e. The highest BCUT2D eigenvalue weighted by Gasteiger charge is 2.23. The lowest BCUT2D eigenvalue weighted by atomic mass is 10.2. The highest BCUT2D eigenvalue weighted by atomic mass is 32.2. The van der Waals surface area contributed by atoms with E-state index in [2.05, 4.69) is 10.0 Å². The van der Waals surface area contributed by atoms with Crippen LogP contribution in [0.4, 0.5) is 10.1 Å². The third-order valence-corrected chi connectivity index (χ3v) is 5.13. The van der Waals surface area contributed by atoms with Crippen LogP contribution in [0.3, 0.4) is 0 Å². The molecule has 1 heterocycles. The molecule has 1 aromatic carbocycles. The average Bonchev–Trinajstić information content (AvgIpc) is 2.78. The predicted molar refractivity (Wildman–Crippen MR) is 82.4 cm³/mol. The minimum atomic E-state index is -3.69. The lowest BCUT2D eigenvalue weighted by Crippen LogP contribution is -2.36. The molecule has 0 aliphatic carbocycles. The van der Waals surface area contributed by atoms with Crippen molar-refractivity contribution >= 4 is 21.8 Å². The smallest absolute Gasteiger partial charge is 0.301 e. The van der Waals surface area contributed by atoms with Crippen molar-refractivity contribution in [1.29, 1.82) is 0 Å². The predicted octanol–water partition coefficient (Wildman–Crippen LogP) is 1.72. The molecule has 0 spiro atoms. The fourth-order valence-electron chi connectivity index (χ4n) is 2.39. The van der Waals surface area contributed by atoms with Crippen LogP contribution < -0.4 is 10.0 Å². The van der Waals surface area contributed by atoms with Crippen molar-refractivity contribution < 1.29 is 17.6 Å². The van der Waals surface area contributed by atoms with E-state index in [1.807, 2.05) is 0 Å². The number of halogens is 1. The summed E-state index contributed by atoms with van der Waals surface area (Å²) in [5.74, 6) is -1.30. The van der Waals surface area contributed by atoms with E-state index in [1.54, 1.807) is 0 Å². The Morgan fingerprint density at radius 3 is 2.41 bits per heavy atom. The summed E-state index contributed by atoms with van der Waals surface area (Å²) in [6, 6.07) is 3.57. The van der Waals surface area contributed by atoms with Crippen molar-refractivity contribution in [3.05, 3.63) is 29.6 Å². The first-order chi connectivity index (χ1) is 10.4. The van der Waals surface area contributed by atoms with Gasteiger partial charge in [0.1, 0.15) is 5.82 Å². The number of amides is 1. The van der Waals surface area contributed by atoms with Crippen molar-refractivity contribution in [2.45, 2.75) is 25.7 Å². The maximum atomic E-state index is 13.6. The number of nitrogens with zero attached hydrogens (tertiary/aromatic N) is 1. The van der Waals surface area contributed by atoms with Crippen molar-refractivity contribution in [3.8, 4) is 0 Å². The number of benzene rings is 1. The number of rotatable bonds is 4. The van der Waals surface area contributed by atoms with E-state index in [0.29, 0.717) is 13.1 Å². The lowest BCUT2D eigenvalue weighted by molar-refractivity contribution is 0.0959. The Bertz CT molecular complexity index is 641. The van der Waals surface area contributed by atoms with E-state index >= 15 is 0 Å². The van der Waals surface area contributed by atoms with Gasteiger partial charge in [-0.1, -0.05) is 12.8 Å². The second-order valence-corrected chi connectivity index (χ2v) is 6.86. The molecule has 0 atom stereocenters. The molecule has 0 radical (unpaired) electrons. The Labute approximate surface area is 129 Å². The quantitative estimate of drug-likeness (QED) is 0.883. The standard InChI is InChI=1S/C14H20FN3O3S/c1-16-14(19)12-10-11(6-7-13(12)15)17-22(20,21)18-8-4-2-3-5-9-18/h6-7,10,17H,2-5,8-9H2,1H3,(H,16,19). The van der Waals surface area contributed by atoms with Crippen molar-refractivity contribution in [1.82, 2.24) is 9.62 Å². The Morgan fingerprint density at radius 2 is 1.82 bits per heavy atom. The monoisotopic (exact) mass is 329 g/mol. The van der Waals surface area contributed by atoms with Gasteiger partial charge in [-0.2, -0.15) is 12.7 Å². The van der Waals surface area contributed by atoms with Crippen LogP contribution >= 0.6 is 0 Å². The van der Waals surface area contributed by atoms with Gasteiger partial charge < -0.3 is 5.32 Å². The molecule has 6 nitrogen and oxygen atoms in total. The first-order valence-corrected chi connectivity index (χ1v) is 8.67. The van der Waals surface area contributed by atoms with Crippen LogP contribution in [-0.4, -0.2) is 38.8 Å². The molecule has 0 bridgehead atoms. The number of nitrogens with one attached hydrogen (secondary N) is 2. The summed E-state index contributed by atoms with van der Waals surface area (Å²) in [5, 5.41) is 2.32. The summed E-state index contributed by atoms with van der Waals surface area (Å²) in [5.41, 5.74) is -0.0252. The highest BCUT2D eigenvalue weighted by molar-refractivity contribution is 7.90. The molecule has 2 N–H and O–H groups in total. The van der Waals surface area contributed by atoms with Crippen LogP contribution in [0.25, 0.3) is 0 Å². The minimum absolute atomic E-state index is 0.171. The van der Waals surface area contributed by atoms with Gasteiger partial charge >= 0.3 is 10.2 Å². The van der Waals surface area contributed by atoms with Crippen LogP contribution in [-0.2, 0) is 10.2 Å². The fraction of sp³-hybridized carbons (Fsp3) is 0.500. The van der Waals surface area contributed by atoms with Gasteiger partial charge in [0.2, 0.25) is 0 Å². The first kappa shape index (κ1) is 16.7. The van der Waals surface area contributed by atoms with Crippen molar-refractivity contribution in [2.24, 2.45) is 0 Å². The van der Waals surface area contributed by atoms with Gasteiger partial charge in [0.15, 0.2) is 0 Å². The van der Waals surface area contributed by atoms with Crippen molar-refractivity contribution in [2.75, 3.05) is 24.9 Å². The second-order valence-electron chi connectivity index (χ2n) is 5.19. The van der Waals surface area contributed by atoms with Gasteiger partial charge in [0.25, 0.3) is 5.91 Å². The number of carbonyl (C=O) groups is 1. The Morgan fingerprint density at radius 1 is 1.18 bits per heavy atom. The molecule has 8 heteroatoms. The lowest BCUT2D eigenvalue weighted by Gasteiger charge is -2.21. The van der Waals surface area contributed by atoms with E-state index in [1.165, 1.54) is 23.5 Å². The van der Waals surface area contributed by atoms with Crippen LogP contribution in [0.15, 0.2) is 18.2 Å². The number of anilines is 1. The van der Waals surface area contributed by atoms with Gasteiger partial charge in [-0.05, 0) is 31.0 Å². The molecule has 1 fully saturated rings. The summed E-state index contributed by atoms with van der Waals surface area (Å²) < 4.78 is 42.1. The molecule has 1 saturated heterocycles. The summed E-state index contributed by atoms with van der Waals surface area (Å²) in [4.78, 5) is 11.6. The van der Waals surface area contributed by atoms with E-state index in [0.717, 1.165) is 31.7 Å². The molecule has 2 rings (SSSR count). The SMILES string of the molecule is CNC(=O)c1cc(NS(=O)(=O)N2CCCCCC2)ccc1F. The molecule has 1 aliphatic heterocycles. The van der Waals surface area contributed by atoms with E-state index in [-0.39, 0.29) is 11.3 Å². The zero-order chi connectivity index (χ0) is 16.2. The fourth-order valence-corrected chi connectivity index (χ4v) is 3.69. The Balaban J connectivity index is 2.20. The molecule has 0 aromatic heterocycles. The summed E-state index contributed by atoms with van der Waals surface area (Å²) in [7, 11) is -2.31. The average molecular weight is 329 g/mol. The maximum Gasteiger partial charge on any atom is 0.301 e. The normalized spacial score (nSPS) is 16.8. The zero-order valence-corrected chi connectivity index (χ0v) is 13.2. The number of hydrogen-bond donors (Lipinski definition) is 2. The first-order valence-electron chi connectivity index (χ1n) is 7.23. The number of hydrogen-bond acceptors (Lipinski definition) is 3. The van der Waals surface area contributed by atoms with E-state index < -0.39 is 21.9 Å². The topological polar surface area (TPSA) is 78.5 Å². The van der Waals surface area contributed by atoms with Crippen LogP contribution in [0.1, 0.15) is 36.0 Å². The third-order valence-electron chi connectivity index (χ3n) is 3.59. The zero-order valence-electron chi connectivity index (χ0n) is 12.4. The Kier molecular flexibility index (Phi) is 5.36. The summed E-state index contributed by atoms with van der Waals surface area (Å²) >= 11 is 0. The van der Waals surface area contributed by atoms with Crippen LogP contribution in [0, 0.1) is 5.82 Å². The third kappa shape index (κ3) is 3.95. The number of carbonyl (C=O) groups excluding carboxylic acids is 1. The second kappa shape index (κ2) is 7.06. The molecule has 1 aliphatic rings. The molecule has 1 aromatic rings. The Hall–Kier alpha value is -1.67. The summed E-state index contributed by atoms with van der Waals surface area (Å²) in [6.07, 6.45) is 3.69. The van der Waals surface area contributed by atoms with Gasteiger partial charge in [-0.3, -0.25) is 9.52 Å².